The van der Waals surface area contributed by atoms with Crippen LogP contribution in [0.4, 0.5) is 16.0 Å². The third-order valence-corrected chi connectivity index (χ3v) is 4.20. The smallest absolute Gasteiger partial charge is 0.282 e. The van der Waals surface area contributed by atoms with Crippen LogP contribution in [0.2, 0.25) is 10.0 Å². The molecule has 2 rings (SSSR count). The van der Waals surface area contributed by atoms with Crippen molar-refractivity contribution in [3.63, 3.8) is 0 Å². The highest BCUT2D eigenvalue weighted by atomic mass is 35.5. The molecule has 0 fully saturated rings. The van der Waals surface area contributed by atoms with Crippen LogP contribution in [0.15, 0.2) is 29.4 Å². The van der Waals surface area contributed by atoms with Gasteiger partial charge in [0.25, 0.3) is 5.91 Å². The maximum absolute atomic E-state index is 12.2. The van der Waals surface area contributed by atoms with Crippen LogP contribution in [-0.2, 0) is 0 Å². The first-order valence-corrected chi connectivity index (χ1v) is 8.86. The molecule has 0 radical (unpaired) electrons. The fourth-order valence-corrected chi connectivity index (χ4v) is 2.41. The summed E-state index contributed by atoms with van der Waals surface area (Å²) in [5.41, 5.74) is 7.27. The van der Waals surface area contributed by atoms with Crippen LogP contribution in [0.3, 0.4) is 0 Å². The van der Waals surface area contributed by atoms with Crippen LogP contribution < -0.4 is 16.4 Å². The summed E-state index contributed by atoms with van der Waals surface area (Å²) in [7, 11) is 0. The molecule has 10 heteroatoms. The van der Waals surface area contributed by atoms with E-state index in [1.807, 2.05) is 0 Å². The lowest BCUT2D eigenvalue weighted by atomic mass is 10.2. The normalized spacial score (nSPS) is 11.3. The first-order chi connectivity index (χ1) is 12.9. The second kappa shape index (κ2) is 10.0. The van der Waals surface area contributed by atoms with Gasteiger partial charge in [-0.1, -0.05) is 23.2 Å². The summed E-state index contributed by atoms with van der Waals surface area (Å²) in [5, 5.41) is 6.73. The van der Waals surface area contributed by atoms with Gasteiger partial charge in [0.15, 0.2) is 0 Å². The molecule has 0 unspecified atom stereocenters. The van der Waals surface area contributed by atoms with E-state index in [2.05, 4.69) is 25.6 Å². The second-order valence-electron chi connectivity index (χ2n) is 5.52. The molecule has 0 saturated heterocycles. The minimum atomic E-state index is -0.541. The number of carbonyl (C=O) groups is 1. The highest BCUT2D eigenvalue weighted by molar-refractivity contribution is 6.42. The van der Waals surface area contributed by atoms with Gasteiger partial charge in [-0.05, 0) is 25.1 Å². The van der Waals surface area contributed by atoms with E-state index >= 15 is 0 Å². The zero-order valence-electron chi connectivity index (χ0n) is 14.6. The number of nitrogens with two attached hydrogens (primary N) is 1. The number of alkyl halides is 1. The molecule has 144 valence electrons. The Kier molecular flexibility index (Phi) is 7.75. The molecule has 0 aliphatic rings. The van der Waals surface area contributed by atoms with Crippen molar-refractivity contribution in [2.75, 3.05) is 30.4 Å². The van der Waals surface area contributed by atoms with Gasteiger partial charge < -0.3 is 16.4 Å². The molecule has 0 aliphatic carbocycles. The average molecular weight is 413 g/mol. The Balaban J connectivity index is 1.92. The van der Waals surface area contributed by atoms with E-state index < -0.39 is 12.6 Å². The highest BCUT2D eigenvalue weighted by Gasteiger charge is 2.12. The summed E-state index contributed by atoms with van der Waals surface area (Å²) >= 11 is 11.8. The fourth-order valence-electron chi connectivity index (χ4n) is 2.11. The Bertz CT molecular complexity index is 846. The lowest BCUT2D eigenvalue weighted by molar-refractivity contribution is 0.100. The number of hydrogen-bond acceptors (Lipinski definition) is 5. The van der Waals surface area contributed by atoms with Gasteiger partial charge in [-0.15, -0.1) is 0 Å². The van der Waals surface area contributed by atoms with Gasteiger partial charge in [0.05, 0.1) is 21.3 Å². The molecular weight excluding hydrogens is 394 g/mol. The first-order valence-electron chi connectivity index (χ1n) is 8.10. The number of benzene rings is 1. The largest absolute Gasteiger partial charge is 0.387 e. The van der Waals surface area contributed by atoms with Crippen molar-refractivity contribution in [1.82, 2.24) is 9.97 Å². The van der Waals surface area contributed by atoms with Crippen LogP contribution in [0, 0.1) is 6.92 Å². The fraction of sp³-hybridized carbons (Fsp3) is 0.294. The second-order valence-corrected chi connectivity index (χ2v) is 6.34. The third-order valence-electron chi connectivity index (χ3n) is 3.46. The number of hydrogen-bond donors (Lipinski definition) is 3. The molecule has 0 atom stereocenters. The third kappa shape index (κ3) is 6.33. The number of halogens is 3. The summed E-state index contributed by atoms with van der Waals surface area (Å²) in [6.07, 6.45) is 1.69. The summed E-state index contributed by atoms with van der Waals surface area (Å²) in [5.74, 6) is -0.104. The van der Waals surface area contributed by atoms with Crippen molar-refractivity contribution in [3.05, 3.63) is 45.7 Å². The number of nitrogens with zero attached hydrogens (tertiary/aromatic N) is 3. The number of aliphatic imine (C=N–C) groups is 1. The van der Waals surface area contributed by atoms with E-state index in [9.17, 15) is 9.18 Å². The van der Waals surface area contributed by atoms with Crippen molar-refractivity contribution in [2.45, 2.75) is 13.3 Å². The zero-order chi connectivity index (χ0) is 19.8. The van der Waals surface area contributed by atoms with Gasteiger partial charge in [-0.3, -0.25) is 4.79 Å². The van der Waals surface area contributed by atoms with Gasteiger partial charge >= 0.3 is 0 Å². The number of aryl methyl sites for hydroxylation is 1. The summed E-state index contributed by atoms with van der Waals surface area (Å²) in [6.45, 7) is 1.67. The van der Waals surface area contributed by atoms with Crippen LogP contribution in [0.25, 0.3) is 0 Å². The van der Waals surface area contributed by atoms with Gasteiger partial charge in [0.1, 0.15) is 12.5 Å². The number of amidine groups is 1. The van der Waals surface area contributed by atoms with Crippen molar-refractivity contribution in [1.29, 1.82) is 0 Å². The molecule has 0 aliphatic heterocycles. The lowest BCUT2D eigenvalue weighted by Crippen LogP contribution is -2.19. The van der Waals surface area contributed by atoms with Crippen LogP contribution >= 0.6 is 23.2 Å². The predicted molar refractivity (Wildman–Crippen MR) is 107 cm³/mol. The van der Waals surface area contributed by atoms with E-state index in [0.717, 1.165) is 5.69 Å². The van der Waals surface area contributed by atoms with Gasteiger partial charge in [-0.2, -0.15) is 4.99 Å². The first kappa shape index (κ1) is 20.9. The molecule has 1 heterocycles. The van der Waals surface area contributed by atoms with Gasteiger partial charge in [-0.25, -0.2) is 14.4 Å². The van der Waals surface area contributed by atoms with Crippen molar-refractivity contribution in [2.24, 2.45) is 10.7 Å². The molecule has 1 amide bonds. The van der Waals surface area contributed by atoms with Gasteiger partial charge in [0, 0.05) is 31.4 Å². The minimum Gasteiger partial charge on any atom is -0.387 e. The van der Waals surface area contributed by atoms with Crippen LogP contribution in [0.5, 0.6) is 0 Å². The van der Waals surface area contributed by atoms with E-state index in [4.69, 9.17) is 28.9 Å². The van der Waals surface area contributed by atoms with Crippen molar-refractivity contribution >= 4 is 46.6 Å². The maximum atomic E-state index is 12.2. The van der Waals surface area contributed by atoms with E-state index in [-0.39, 0.29) is 23.9 Å². The summed E-state index contributed by atoms with van der Waals surface area (Å²) in [4.78, 5) is 24.2. The van der Waals surface area contributed by atoms with Crippen LogP contribution in [0.1, 0.15) is 22.5 Å². The number of nitrogens with one attached hydrogen (secondary N) is 2. The number of aromatic nitrogens is 2. The van der Waals surface area contributed by atoms with Gasteiger partial charge in [0.2, 0.25) is 5.95 Å². The minimum absolute atomic E-state index is 0.101. The quantitative estimate of drug-likeness (QED) is 0.452. The molecule has 0 saturated carbocycles. The molecule has 7 nitrogen and oxygen atoms in total. The predicted octanol–water partition coefficient (Wildman–Crippen LogP) is 3.47. The Morgan fingerprint density at radius 3 is 2.70 bits per heavy atom. The van der Waals surface area contributed by atoms with E-state index in [1.165, 1.54) is 6.20 Å². The summed E-state index contributed by atoms with van der Waals surface area (Å²) in [6, 6.07) is 5.16. The number of anilines is 2. The van der Waals surface area contributed by atoms with Crippen LogP contribution in [-0.4, -0.2) is 41.5 Å². The number of rotatable bonds is 8. The lowest BCUT2D eigenvalue weighted by Gasteiger charge is -2.08. The number of carbonyl (C=O) groups excluding carboxylic acids is 1. The Morgan fingerprint density at radius 2 is 2.04 bits per heavy atom. The molecule has 0 bridgehead atoms. The standard InChI is InChI=1S/C17H19Cl2FN6O/c1-10-12(9-24-17(25-10)23-7-5-20)16(27)26-15(21)4-6-22-11-2-3-13(18)14(19)8-11/h2-3,8-9,22H,4-7H2,1H3,(H2,21,26,27)(H,23,24,25). The highest BCUT2D eigenvalue weighted by Crippen LogP contribution is 2.24. The van der Waals surface area contributed by atoms with E-state index in [0.29, 0.717) is 28.7 Å². The Labute approximate surface area is 166 Å². The topological polar surface area (TPSA) is 105 Å². The zero-order valence-corrected chi connectivity index (χ0v) is 16.1. The SMILES string of the molecule is Cc1nc(NCCF)ncc1C(=O)N=C(N)CCNc1ccc(Cl)c(Cl)c1. The Hall–Kier alpha value is -2.45. The molecular formula is C17H19Cl2FN6O. The maximum Gasteiger partial charge on any atom is 0.282 e. The molecule has 0 spiro atoms. The molecule has 27 heavy (non-hydrogen) atoms. The monoisotopic (exact) mass is 412 g/mol. The molecule has 4 N–H and O–H groups in total. The molecule has 1 aromatic heterocycles. The molecule has 2 aromatic rings. The van der Waals surface area contributed by atoms with Crippen molar-refractivity contribution in [3.8, 4) is 0 Å². The average Bonchev–Trinajstić information content (AvgIpc) is 2.62. The van der Waals surface area contributed by atoms with E-state index in [1.54, 1.807) is 25.1 Å². The summed E-state index contributed by atoms with van der Waals surface area (Å²) < 4.78 is 12.2. The molecule has 1 aromatic carbocycles. The number of amides is 1. The Morgan fingerprint density at radius 1 is 1.26 bits per heavy atom. The van der Waals surface area contributed by atoms with Crippen molar-refractivity contribution < 1.29 is 9.18 Å².